The van der Waals surface area contributed by atoms with Gasteiger partial charge in [0.05, 0.1) is 11.6 Å². The summed E-state index contributed by atoms with van der Waals surface area (Å²) in [6.45, 7) is 5.39. The Morgan fingerprint density at radius 2 is 2.04 bits per heavy atom. The molecule has 0 N–H and O–H groups in total. The first-order chi connectivity index (χ1) is 12.2. The third kappa shape index (κ3) is 3.66. The molecule has 4 heterocycles. The van der Waals surface area contributed by atoms with Gasteiger partial charge >= 0.3 is 0 Å². The van der Waals surface area contributed by atoms with Gasteiger partial charge in [0, 0.05) is 50.3 Å². The highest BCUT2D eigenvalue weighted by Gasteiger charge is 2.25. The third-order valence-electron chi connectivity index (χ3n) is 4.92. The van der Waals surface area contributed by atoms with Crippen molar-refractivity contribution in [2.24, 2.45) is 0 Å². The summed E-state index contributed by atoms with van der Waals surface area (Å²) in [5, 5.41) is 2.82. The molecule has 5 nitrogen and oxygen atoms in total. The van der Waals surface area contributed by atoms with Crippen molar-refractivity contribution in [1.82, 2.24) is 14.8 Å². The predicted molar refractivity (Wildman–Crippen MR) is 101 cm³/mol. The quantitative estimate of drug-likeness (QED) is 0.825. The Hall–Kier alpha value is -1.63. The van der Waals surface area contributed by atoms with Crippen LogP contribution in [0.5, 0.6) is 0 Å². The van der Waals surface area contributed by atoms with E-state index in [1.807, 2.05) is 28.4 Å². The van der Waals surface area contributed by atoms with Crippen LogP contribution >= 0.6 is 22.9 Å². The lowest BCUT2D eigenvalue weighted by Gasteiger charge is -2.37. The molecule has 4 rings (SSSR count). The summed E-state index contributed by atoms with van der Waals surface area (Å²) in [5.74, 6) is 1.04. The van der Waals surface area contributed by atoms with Gasteiger partial charge in [0.25, 0.3) is 0 Å². The summed E-state index contributed by atoms with van der Waals surface area (Å²) >= 11 is 8.06. The second kappa shape index (κ2) is 7.32. The Bertz CT molecular complexity index is 757. The van der Waals surface area contributed by atoms with Crippen LogP contribution in [-0.4, -0.2) is 60.0 Å². The second-order valence-electron chi connectivity index (χ2n) is 6.51. The molecule has 132 valence electrons. The molecular formula is C18H21ClN4OS. The van der Waals surface area contributed by atoms with Gasteiger partial charge in [-0.15, -0.1) is 11.3 Å². The van der Waals surface area contributed by atoms with E-state index in [0.717, 1.165) is 51.5 Å². The Balaban J connectivity index is 1.31. The van der Waals surface area contributed by atoms with Crippen molar-refractivity contribution in [3.63, 3.8) is 0 Å². The van der Waals surface area contributed by atoms with Crippen molar-refractivity contribution in [3.8, 4) is 0 Å². The summed E-state index contributed by atoms with van der Waals surface area (Å²) in [6, 6.07) is 5.88. The lowest BCUT2D eigenvalue weighted by molar-refractivity contribution is -0.132. The highest BCUT2D eigenvalue weighted by atomic mass is 35.5. The third-order valence-corrected chi connectivity index (χ3v) is 6.23. The zero-order valence-corrected chi connectivity index (χ0v) is 15.6. The first-order valence-corrected chi connectivity index (χ1v) is 9.87. The number of hydrogen-bond donors (Lipinski definition) is 0. The number of amides is 1. The minimum Gasteiger partial charge on any atom is -0.352 e. The van der Waals surface area contributed by atoms with Gasteiger partial charge in [0.15, 0.2) is 0 Å². The molecule has 2 aliphatic rings. The van der Waals surface area contributed by atoms with Gasteiger partial charge in [-0.25, -0.2) is 4.98 Å². The first-order valence-electron chi connectivity index (χ1n) is 8.61. The summed E-state index contributed by atoms with van der Waals surface area (Å²) < 4.78 is 0. The highest BCUT2D eigenvalue weighted by molar-refractivity contribution is 7.10. The molecule has 2 aromatic rings. The van der Waals surface area contributed by atoms with Gasteiger partial charge < -0.3 is 9.80 Å². The number of anilines is 1. The Kier molecular flexibility index (Phi) is 4.92. The molecule has 1 amide bonds. The van der Waals surface area contributed by atoms with Crippen molar-refractivity contribution in [2.75, 3.05) is 44.2 Å². The number of halogens is 1. The molecule has 0 aromatic carbocycles. The molecule has 0 atom stereocenters. The molecule has 7 heteroatoms. The van der Waals surface area contributed by atoms with Gasteiger partial charge in [0.2, 0.25) is 5.91 Å². The molecule has 0 bridgehead atoms. The summed E-state index contributed by atoms with van der Waals surface area (Å²) in [5.41, 5.74) is 1.39. The normalized spacial score (nSPS) is 18.3. The molecule has 0 spiro atoms. The fourth-order valence-corrected chi connectivity index (χ4v) is 4.64. The molecule has 1 fully saturated rings. The van der Waals surface area contributed by atoms with Crippen molar-refractivity contribution >= 4 is 34.7 Å². The number of carbonyl (C=O) groups excluding carboxylic acids is 1. The number of pyridine rings is 1. The van der Waals surface area contributed by atoms with Gasteiger partial charge in [-0.1, -0.05) is 11.6 Å². The number of piperazine rings is 1. The monoisotopic (exact) mass is 376 g/mol. The van der Waals surface area contributed by atoms with Crippen LogP contribution < -0.4 is 4.90 Å². The van der Waals surface area contributed by atoms with Crippen LogP contribution in [-0.2, 0) is 17.8 Å². The molecule has 2 aliphatic heterocycles. The van der Waals surface area contributed by atoms with Gasteiger partial charge in [-0.2, -0.15) is 0 Å². The fraction of sp³-hybridized carbons (Fsp3) is 0.444. The SMILES string of the molecule is O=C(CN1CCc2sccc2C1)N1CCN(c2ncccc2Cl)CC1. The molecule has 1 saturated heterocycles. The lowest BCUT2D eigenvalue weighted by atomic mass is 10.1. The van der Waals surface area contributed by atoms with E-state index in [9.17, 15) is 4.79 Å². The average molecular weight is 377 g/mol. The van der Waals surface area contributed by atoms with E-state index < -0.39 is 0 Å². The number of thiophene rings is 1. The Labute approximate surface area is 156 Å². The molecule has 0 saturated carbocycles. The number of carbonyl (C=O) groups is 1. The van der Waals surface area contributed by atoms with Crippen LogP contribution in [0.15, 0.2) is 29.8 Å². The molecule has 0 radical (unpaired) electrons. The molecule has 2 aromatic heterocycles. The highest BCUT2D eigenvalue weighted by Crippen LogP contribution is 2.25. The van der Waals surface area contributed by atoms with Crippen molar-refractivity contribution in [2.45, 2.75) is 13.0 Å². The minimum atomic E-state index is 0.227. The van der Waals surface area contributed by atoms with E-state index in [2.05, 4.69) is 26.2 Å². The van der Waals surface area contributed by atoms with E-state index in [1.54, 1.807) is 6.20 Å². The summed E-state index contributed by atoms with van der Waals surface area (Å²) in [6.07, 6.45) is 2.82. The molecular weight excluding hydrogens is 356 g/mol. The van der Waals surface area contributed by atoms with Crippen LogP contribution in [0.4, 0.5) is 5.82 Å². The van der Waals surface area contributed by atoms with Crippen LogP contribution in [0, 0.1) is 0 Å². The second-order valence-corrected chi connectivity index (χ2v) is 7.91. The maximum absolute atomic E-state index is 12.7. The van der Waals surface area contributed by atoms with E-state index in [-0.39, 0.29) is 5.91 Å². The van der Waals surface area contributed by atoms with E-state index >= 15 is 0 Å². The maximum Gasteiger partial charge on any atom is 0.236 e. The minimum absolute atomic E-state index is 0.227. The zero-order chi connectivity index (χ0) is 17.2. The summed E-state index contributed by atoms with van der Waals surface area (Å²) in [4.78, 5) is 24.9. The van der Waals surface area contributed by atoms with Gasteiger partial charge in [0.1, 0.15) is 5.82 Å². The summed E-state index contributed by atoms with van der Waals surface area (Å²) in [7, 11) is 0. The number of hydrogen-bond acceptors (Lipinski definition) is 5. The van der Waals surface area contributed by atoms with E-state index in [0.29, 0.717) is 11.6 Å². The number of rotatable bonds is 3. The van der Waals surface area contributed by atoms with Crippen LogP contribution in [0.2, 0.25) is 5.02 Å². The molecule has 0 aliphatic carbocycles. The van der Waals surface area contributed by atoms with E-state index in [4.69, 9.17) is 11.6 Å². The topological polar surface area (TPSA) is 39.7 Å². The number of aromatic nitrogens is 1. The van der Waals surface area contributed by atoms with Gasteiger partial charge in [-0.05, 0) is 35.6 Å². The van der Waals surface area contributed by atoms with Crippen molar-refractivity contribution < 1.29 is 4.79 Å². The Morgan fingerprint density at radius 3 is 2.84 bits per heavy atom. The smallest absolute Gasteiger partial charge is 0.236 e. The first kappa shape index (κ1) is 16.8. The van der Waals surface area contributed by atoms with Gasteiger partial charge in [-0.3, -0.25) is 9.69 Å². The van der Waals surface area contributed by atoms with Crippen LogP contribution in [0.3, 0.4) is 0 Å². The van der Waals surface area contributed by atoms with Crippen molar-refractivity contribution in [1.29, 1.82) is 0 Å². The molecule has 0 unspecified atom stereocenters. The van der Waals surface area contributed by atoms with E-state index in [1.165, 1.54) is 10.4 Å². The number of nitrogens with zero attached hydrogens (tertiary/aromatic N) is 4. The Morgan fingerprint density at radius 1 is 1.20 bits per heavy atom. The lowest BCUT2D eigenvalue weighted by Crippen LogP contribution is -2.51. The maximum atomic E-state index is 12.7. The largest absolute Gasteiger partial charge is 0.352 e. The number of fused-ring (bicyclic) bond motifs is 1. The van der Waals surface area contributed by atoms with Crippen LogP contribution in [0.1, 0.15) is 10.4 Å². The standard InChI is InChI=1S/C18H21ClN4OS/c19-15-2-1-5-20-18(15)23-9-7-22(8-10-23)17(24)13-21-6-3-16-14(12-21)4-11-25-16/h1-2,4-5,11H,3,6-10,12-13H2. The van der Waals surface area contributed by atoms with Crippen LogP contribution in [0.25, 0.3) is 0 Å². The zero-order valence-electron chi connectivity index (χ0n) is 14.0. The fourth-order valence-electron chi connectivity index (χ4n) is 3.51. The average Bonchev–Trinajstić information content (AvgIpc) is 3.10. The van der Waals surface area contributed by atoms with Crippen molar-refractivity contribution in [3.05, 3.63) is 45.2 Å². The predicted octanol–water partition coefficient (Wildman–Crippen LogP) is 2.50. The molecule has 25 heavy (non-hydrogen) atoms.